The lowest BCUT2D eigenvalue weighted by molar-refractivity contribution is -0.142. The van der Waals surface area contributed by atoms with Crippen LogP contribution in [0.5, 0.6) is 0 Å². The van der Waals surface area contributed by atoms with Crippen molar-refractivity contribution in [2.45, 2.75) is 44.2 Å². The van der Waals surface area contributed by atoms with Crippen molar-refractivity contribution >= 4 is 5.97 Å². The summed E-state index contributed by atoms with van der Waals surface area (Å²) in [5, 5.41) is 8.95. The Kier molecular flexibility index (Phi) is 2.98. The van der Waals surface area contributed by atoms with Crippen molar-refractivity contribution < 1.29 is 14.6 Å². The number of aliphatic carboxylic acids is 1. The maximum atomic E-state index is 10.9. The number of likely N-dealkylation sites (tertiary alicyclic amines) is 1. The van der Waals surface area contributed by atoms with E-state index >= 15 is 0 Å². The first-order valence-corrected chi connectivity index (χ1v) is 5.74. The predicted octanol–water partition coefficient (Wildman–Crippen LogP) is 1.10. The zero-order chi connectivity index (χ0) is 10.9. The lowest BCUT2D eigenvalue weighted by Gasteiger charge is -2.34. The number of rotatable bonds is 2. The molecule has 0 aromatic rings. The van der Waals surface area contributed by atoms with Crippen molar-refractivity contribution in [1.82, 2.24) is 4.90 Å². The molecule has 4 heteroatoms. The minimum absolute atomic E-state index is 0.0258. The molecular formula is C11H19NO3. The molecule has 2 heterocycles. The van der Waals surface area contributed by atoms with Gasteiger partial charge in [0, 0.05) is 19.7 Å². The fourth-order valence-electron chi connectivity index (χ4n) is 2.59. The summed E-state index contributed by atoms with van der Waals surface area (Å²) in [6.45, 7) is 4.24. The second kappa shape index (κ2) is 4.10. The molecule has 2 atom stereocenters. The first-order valence-electron chi connectivity index (χ1n) is 5.74. The third kappa shape index (κ3) is 2.16. The van der Waals surface area contributed by atoms with Crippen LogP contribution in [0.15, 0.2) is 0 Å². The lowest BCUT2D eigenvalue weighted by Crippen LogP contribution is -2.43. The summed E-state index contributed by atoms with van der Waals surface area (Å²) in [7, 11) is 0. The van der Waals surface area contributed by atoms with Gasteiger partial charge in [0.25, 0.3) is 0 Å². The molecule has 1 spiro atoms. The fraction of sp³-hybridized carbons (Fsp3) is 0.909. The molecule has 0 aliphatic carbocycles. The Bertz CT molecular complexity index is 248. The van der Waals surface area contributed by atoms with Crippen LogP contribution in [0.25, 0.3) is 0 Å². The molecule has 0 unspecified atom stereocenters. The van der Waals surface area contributed by atoms with E-state index in [0.29, 0.717) is 0 Å². The summed E-state index contributed by atoms with van der Waals surface area (Å²) in [4.78, 5) is 12.9. The SMILES string of the molecule is C[C@H](C(=O)O)N1CC[C@@]2(CCCCO2)C1. The third-order valence-corrected chi connectivity index (χ3v) is 3.69. The number of hydrogen-bond donors (Lipinski definition) is 1. The van der Waals surface area contributed by atoms with Gasteiger partial charge in [0.2, 0.25) is 0 Å². The van der Waals surface area contributed by atoms with Crippen molar-refractivity contribution in [1.29, 1.82) is 0 Å². The summed E-state index contributed by atoms with van der Waals surface area (Å²) in [5.41, 5.74) is -0.0258. The Hall–Kier alpha value is -0.610. The highest BCUT2D eigenvalue weighted by Crippen LogP contribution is 2.34. The quantitative estimate of drug-likeness (QED) is 0.746. The van der Waals surface area contributed by atoms with E-state index < -0.39 is 5.97 Å². The van der Waals surface area contributed by atoms with Crippen LogP contribution < -0.4 is 0 Å². The van der Waals surface area contributed by atoms with Crippen molar-refractivity contribution in [3.63, 3.8) is 0 Å². The molecule has 2 aliphatic heterocycles. The average molecular weight is 213 g/mol. The van der Waals surface area contributed by atoms with E-state index in [2.05, 4.69) is 0 Å². The fourth-order valence-corrected chi connectivity index (χ4v) is 2.59. The number of carboxylic acid groups (broad SMARTS) is 1. The van der Waals surface area contributed by atoms with Crippen LogP contribution >= 0.6 is 0 Å². The maximum absolute atomic E-state index is 10.9. The molecule has 4 nitrogen and oxygen atoms in total. The van der Waals surface area contributed by atoms with E-state index in [0.717, 1.165) is 39.0 Å². The molecule has 1 N–H and O–H groups in total. The van der Waals surface area contributed by atoms with Crippen molar-refractivity contribution in [3.8, 4) is 0 Å². The van der Waals surface area contributed by atoms with E-state index in [4.69, 9.17) is 9.84 Å². The Balaban J connectivity index is 1.96. The van der Waals surface area contributed by atoms with Crippen molar-refractivity contribution in [3.05, 3.63) is 0 Å². The summed E-state index contributed by atoms with van der Waals surface area (Å²) < 4.78 is 5.85. The molecule has 0 bridgehead atoms. The first kappa shape index (κ1) is 10.9. The van der Waals surface area contributed by atoms with Crippen LogP contribution in [-0.2, 0) is 9.53 Å². The molecule has 15 heavy (non-hydrogen) atoms. The highest BCUT2D eigenvalue weighted by atomic mass is 16.5. The Labute approximate surface area is 90.2 Å². The maximum Gasteiger partial charge on any atom is 0.320 e. The minimum atomic E-state index is -0.733. The first-order chi connectivity index (χ1) is 7.13. The van der Waals surface area contributed by atoms with Gasteiger partial charge in [-0.2, -0.15) is 0 Å². The smallest absolute Gasteiger partial charge is 0.320 e. The van der Waals surface area contributed by atoms with Crippen molar-refractivity contribution in [2.24, 2.45) is 0 Å². The second-order valence-electron chi connectivity index (χ2n) is 4.72. The van der Waals surface area contributed by atoms with Gasteiger partial charge in [0.15, 0.2) is 0 Å². The average Bonchev–Trinajstić information content (AvgIpc) is 2.62. The van der Waals surface area contributed by atoms with Crippen molar-refractivity contribution in [2.75, 3.05) is 19.7 Å². The molecule has 0 saturated carbocycles. The zero-order valence-corrected chi connectivity index (χ0v) is 9.24. The van der Waals surface area contributed by atoms with Gasteiger partial charge in [-0.1, -0.05) is 0 Å². The van der Waals surface area contributed by atoms with Crippen LogP contribution in [-0.4, -0.2) is 47.3 Å². The van der Waals surface area contributed by atoms with Gasteiger partial charge < -0.3 is 9.84 Å². The Morgan fingerprint density at radius 3 is 2.87 bits per heavy atom. The number of ether oxygens (including phenoxy) is 1. The van der Waals surface area contributed by atoms with Crippen LogP contribution in [0.3, 0.4) is 0 Å². The summed E-state index contributed by atoms with van der Waals surface area (Å²) in [5.74, 6) is -0.733. The Morgan fingerprint density at radius 2 is 2.27 bits per heavy atom. The van der Waals surface area contributed by atoms with Gasteiger partial charge in [-0.05, 0) is 32.6 Å². The molecule has 2 fully saturated rings. The number of hydrogen-bond acceptors (Lipinski definition) is 3. The molecule has 2 saturated heterocycles. The minimum Gasteiger partial charge on any atom is -0.480 e. The lowest BCUT2D eigenvalue weighted by atomic mass is 9.93. The number of carbonyl (C=O) groups is 1. The van der Waals surface area contributed by atoms with E-state index in [9.17, 15) is 4.79 Å². The molecule has 0 amide bonds. The highest BCUT2D eigenvalue weighted by Gasteiger charge is 2.42. The summed E-state index contributed by atoms with van der Waals surface area (Å²) in [6.07, 6.45) is 4.45. The van der Waals surface area contributed by atoms with Gasteiger partial charge in [-0.15, -0.1) is 0 Å². The predicted molar refractivity (Wildman–Crippen MR) is 55.8 cm³/mol. The molecule has 0 aromatic heterocycles. The van der Waals surface area contributed by atoms with Gasteiger partial charge in [-0.3, -0.25) is 9.69 Å². The second-order valence-corrected chi connectivity index (χ2v) is 4.72. The largest absolute Gasteiger partial charge is 0.480 e. The summed E-state index contributed by atoms with van der Waals surface area (Å²) in [6, 6.07) is -0.380. The molecular weight excluding hydrogens is 194 g/mol. The third-order valence-electron chi connectivity index (χ3n) is 3.69. The van der Waals surface area contributed by atoms with E-state index in [1.54, 1.807) is 6.92 Å². The molecule has 0 radical (unpaired) electrons. The monoisotopic (exact) mass is 213 g/mol. The van der Waals surface area contributed by atoms with Crippen LogP contribution in [0, 0.1) is 0 Å². The normalized spacial score (nSPS) is 34.5. The van der Waals surface area contributed by atoms with Crippen LogP contribution in [0.4, 0.5) is 0 Å². The van der Waals surface area contributed by atoms with E-state index in [-0.39, 0.29) is 11.6 Å². The zero-order valence-electron chi connectivity index (χ0n) is 9.24. The summed E-state index contributed by atoms with van der Waals surface area (Å²) >= 11 is 0. The van der Waals surface area contributed by atoms with E-state index in [1.807, 2.05) is 4.90 Å². The van der Waals surface area contributed by atoms with E-state index in [1.165, 1.54) is 6.42 Å². The molecule has 2 rings (SSSR count). The number of carboxylic acids is 1. The van der Waals surface area contributed by atoms with Gasteiger partial charge in [0.05, 0.1) is 5.60 Å². The van der Waals surface area contributed by atoms with Crippen LogP contribution in [0.2, 0.25) is 0 Å². The highest BCUT2D eigenvalue weighted by molar-refractivity contribution is 5.72. The van der Waals surface area contributed by atoms with Gasteiger partial charge >= 0.3 is 5.97 Å². The molecule has 86 valence electrons. The van der Waals surface area contributed by atoms with Crippen LogP contribution in [0.1, 0.15) is 32.6 Å². The number of nitrogens with zero attached hydrogens (tertiary/aromatic N) is 1. The molecule has 0 aromatic carbocycles. The van der Waals surface area contributed by atoms with Gasteiger partial charge in [0.1, 0.15) is 6.04 Å². The standard InChI is InChI=1S/C11H19NO3/c1-9(10(13)14)12-6-5-11(8-12)4-2-3-7-15-11/h9H,2-8H2,1H3,(H,13,14)/t9-,11+/m1/s1. The topological polar surface area (TPSA) is 49.8 Å². The van der Waals surface area contributed by atoms with Gasteiger partial charge in [-0.25, -0.2) is 0 Å². The molecule has 2 aliphatic rings. The Morgan fingerprint density at radius 1 is 1.47 bits per heavy atom.